The average Bonchev–Trinajstić information content (AvgIpc) is 2.52. The first-order valence-electron chi connectivity index (χ1n) is 6.36. The van der Waals surface area contributed by atoms with E-state index in [9.17, 15) is 18.0 Å². The van der Waals surface area contributed by atoms with Crippen LogP contribution >= 0.6 is 0 Å². The van der Waals surface area contributed by atoms with Gasteiger partial charge in [0.05, 0.1) is 0 Å². The maximum Gasteiger partial charge on any atom is 0.435 e. The summed E-state index contributed by atoms with van der Waals surface area (Å²) in [6.07, 6.45) is -4.51. The largest absolute Gasteiger partial charge is 0.435 e. The Bertz CT molecular complexity index is 656. The Labute approximate surface area is 124 Å². The highest BCUT2D eigenvalue weighted by Crippen LogP contribution is 2.27. The lowest BCUT2D eigenvalue weighted by molar-refractivity contribution is -0.141. The number of aromatic nitrogens is 2. The van der Waals surface area contributed by atoms with Gasteiger partial charge in [-0.15, -0.1) is 10.2 Å². The SMILES string of the molecule is CNC(=O)c1cccc(CNc2ccc(C(F)(F)F)nn2)c1. The highest BCUT2D eigenvalue weighted by molar-refractivity contribution is 5.94. The van der Waals surface area contributed by atoms with Gasteiger partial charge in [-0.3, -0.25) is 4.79 Å². The number of nitrogens with zero attached hydrogens (tertiary/aromatic N) is 2. The number of carbonyl (C=O) groups excluding carboxylic acids is 1. The van der Waals surface area contributed by atoms with Crippen LogP contribution < -0.4 is 10.6 Å². The zero-order valence-corrected chi connectivity index (χ0v) is 11.6. The Balaban J connectivity index is 2.03. The molecule has 0 saturated heterocycles. The minimum absolute atomic E-state index is 0.212. The molecular weight excluding hydrogens is 297 g/mol. The number of benzene rings is 1. The molecule has 1 amide bonds. The Morgan fingerprint density at radius 2 is 1.95 bits per heavy atom. The smallest absolute Gasteiger partial charge is 0.365 e. The van der Waals surface area contributed by atoms with Crippen LogP contribution in [0.1, 0.15) is 21.6 Å². The summed E-state index contributed by atoms with van der Waals surface area (Å²) < 4.78 is 37.1. The lowest BCUT2D eigenvalue weighted by atomic mass is 10.1. The molecule has 116 valence electrons. The molecule has 0 aliphatic rings. The van der Waals surface area contributed by atoms with Gasteiger partial charge in [-0.05, 0) is 29.8 Å². The van der Waals surface area contributed by atoms with Crippen LogP contribution in [0.3, 0.4) is 0 Å². The third kappa shape index (κ3) is 3.94. The molecule has 0 unspecified atom stereocenters. The molecule has 0 saturated carbocycles. The topological polar surface area (TPSA) is 66.9 Å². The summed E-state index contributed by atoms with van der Waals surface area (Å²) in [5.74, 6) is 0.00881. The maximum atomic E-state index is 12.4. The molecule has 0 bridgehead atoms. The molecule has 8 heteroatoms. The molecule has 0 aliphatic heterocycles. The number of rotatable bonds is 4. The summed E-state index contributed by atoms with van der Waals surface area (Å²) in [6, 6.07) is 8.93. The molecule has 0 aliphatic carbocycles. The molecule has 0 fully saturated rings. The van der Waals surface area contributed by atoms with Crippen LogP contribution in [-0.2, 0) is 12.7 Å². The van der Waals surface area contributed by atoms with Crippen LogP contribution in [0.15, 0.2) is 36.4 Å². The second kappa shape index (κ2) is 6.42. The molecule has 0 radical (unpaired) electrons. The highest BCUT2D eigenvalue weighted by Gasteiger charge is 2.32. The predicted molar refractivity (Wildman–Crippen MR) is 74.2 cm³/mol. The van der Waals surface area contributed by atoms with Crippen molar-refractivity contribution in [3.63, 3.8) is 0 Å². The summed E-state index contributed by atoms with van der Waals surface area (Å²) in [6.45, 7) is 0.310. The van der Waals surface area contributed by atoms with Gasteiger partial charge in [0.15, 0.2) is 5.69 Å². The fraction of sp³-hybridized carbons (Fsp3) is 0.214. The van der Waals surface area contributed by atoms with E-state index in [1.54, 1.807) is 24.3 Å². The van der Waals surface area contributed by atoms with Crippen LogP contribution in [0.5, 0.6) is 0 Å². The number of hydrogen-bond acceptors (Lipinski definition) is 4. The van der Waals surface area contributed by atoms with Crippen molar-refractivity contribution in [2.45, 2.75) is 12.7 Å². The predicted octanol–water partition coefficient (Wildman–Crippen LogP) is 2.47. The zero-order valence-electron chi connectivity index (χ0n) is 11.6. The first-order chi connectivity index (χ1) is 10.4. The van der Waals surface area contributed by atoms with E-state index in [0.29, 0.717) is 12.1 Å². The minimum atomic E-state index is -4.51. The summed E-state index contributed by atoms with van der Waals surface area (Å²) in [4.78, 5) is 11.5. The molecule has 5 nitrogen and oxygen atoms in total. The van der Waals surface area contributed by atoms with E-state index in [1.807, 2.05) is 0 Å². The number of amides is 1. The van der Waals surface area contributed by atoms with Crippen molar-refractivity contribution in [3.8, 4) is 0 Å². The van der Waals surface area contributed by atoms with Crippen molar-refractivity contribution < 1.29 is 18.0 Å². The van der Waals surface area contributed by atoms with Gasteiger partial charge in [-0.2, -0.15) is 13.2 Å². The monoisotopic (exact) mass is 310 g/mol. The van der Waals surface area contributed by atoms with Crippen molar-refractivity contribution in [2.75, 3.05) is 12.4 Å². The summed E-state index contributed by atoms with van der Waals surface area (Å²) in [7, 11) is 1.53. The van der Waals surface area contributed by atoms with E-state index in [4.69, 9.17) is 0 Å². The van der Waals surface area contributed by atoms with Crippen molar-refractivity contribution in [3.05, 3.63) is 53.2 Å². The lowest BCUT2D eigenvalue weighted by Crippen LogP contribution is -2.18. The molecule has 0 spiro atoms. The average molecular weight is 310 g/mol. The second-order valence-corrected chi connectivity index (χ2v) is 4.43. The Morgan fingerprint density at radius 1 is 1.18 bits per heavy atom. The van der Waals surface area contributed by atoms with Crippen molar-refractivity contribution >= 4 is 11.7 Å². The van der Waals surface area contributed by atoms with Gasteiger partial charge in [-0.1, -0.05) is 12.1 Å². The summed E-state index contributed by atoms with van der Waals surface area (Å²) in [5, 5.41) is 12.0. The van der Waals surface area contributed by atoms with Crippen molar-refractivity contribution in [1.29, 1.82) is 0 Å². The van der Waals surface area contributed by atoms with E-state index < -0.39 is 11.9 Å². The fourth-order valence-corrected chi connectivity index (χ4v) is 1.74. The number of hydrogen-bond donors (Lipinski definition) is 2. The first-order valence-corrected chi connectivity index (χ1v) is 6.36. The third-order valence-corrected chi connectivity index (χ3v) is 2.84. The van der Waals surface area contributed by atoms with Gasteiger partial charge in [0.2, 0.25) is 0 Å². The number of nitrogens with one attached hydrogen (secondary N) is 2. The number of halogens is 3. The van der Waals surface area contributed by atoms with E-state index >= 15 is 0 Å². The molecule has 22 heavy (non-hydrogen) atoms. The van der Waals surface area contributed by atoms with Gasteiger partial charge in [0.1, 0.15) is 5.82 Å². The van der Waals surface area contributed by atoms with Crippen LogP contribution in [0.25, 0.3) is 0 Å². The van der Waals surface area contributed by atoms with E-state index in [1.165, 1.54) is 13.1 Å². The van der Waals surface area contributed by atoms with Crippen LogP contribution in [-0.4, -0.2) is 23.2 Å². The molecule has 1 heterocycles. The highest BCUT2D eigenvalue weighted by atomic mass is 19.4. The Kier molecular flexibility index (Phi) is 4.59. The molecule has 0 atom stereocenters. The van der Waals surface area contributed by atoms with E-state index in [-0.39, 0.29) is 11.7 Å². The Morgan fingerprint density at radius 3 is 2.55 bits per heavy atom. The minimum Gasteiger partial charge on any atom is -0.365 e. The van der Waals surface area contributed by atoms with Crippen molar-refractivity contribution in [1.82, 2.24) is 15.5 Å². The third-order valence-electron chi connectivity index (χ3n) is 2.84. The number of carbonyl (C=O) groups is 1. The number of alkyl halides is 3. The van der Waals surface area contributed by atoms with E-state index in [0.717, 1.165) is 11.6 Å². The molecule has 2 rings (SSSR count). The Hall–Kier alpha value is -2.64. The fourth-order valence-electron chi connectivity index (χ4n) is 1.74. The standard InChI is InChI=1S/C14H13F3N4O/c1-18-13(22)10-4-2-3-9(7-10)8-19-12-6-5-11(20-21-12)14(15,16)17/h2-7H,8H2,1H3,(H,18,22)(H,19,21). The van der Waals surface area contributed by atoms with E-state index in [2.05, 4.69) is 20.8 Å². The maximum absolute atomic E-state index is 12.4. The van der Waals surface area contributed by atoms with Crippen molar-refractivity contribution in [2.24, 2.45) is 0 Å². The summed E-state index contributed by atoms with van der Waals surface area (Å²) >= 11 is 0. The second-order valence-electron chi connectivity index (χ2n) is 4.43. The van der Waals surface area contributed by atoms with Crippen LogP contribution in [0.2, 0.25) is 0 Å². The quantitative estimate of drug-likeness (QED) is 0.910. The van der Waals surface area contributed by atoms with Gasteiger partial charge >= 0.3 is 6.18 Å². The number of anilines is 1. The zero-order chi connectivity index (χ0) is 16.2. The lowest BCUT2D eigenvalue weighted by Gasteiger charge is -2.08. The molecule has 2 N–H and O–H groups in total. The molecule has 2 aromatic rings. The normalized spacial score (nSPS) is 11.1. The van der Waals surface area contributed by atoms with Gasteiger partial charge in [0, 0.05) is 19.2 Å². The molecule has 1 aromatic carbocycles. The van der Waals surface area contributed by atoms with Gasteiger partial charge < -0.3 is 10.6 Å². The van der Waals surface area contributed by atoms with Gasteiger partial charge in [0.25, 0.3) is 5.91 Å². The van der Waals surface area contributed by atoms with Crippen LogP contribution in [0.4, 0.5) is 19.0 Å². The van der Waals surface area contributed by atoms with Crippen LogP contribution in [0, 0.1) is 0 Å². The first kappa shape index (κ1) is 15.7. The summed E-state index contributed by atoms with van der Waals surface area (Å²) in [5.41, 5.74) is 0.253. The van der Waals surface area contributed by atoms with Gasteiger partial charge in [-0.25, -0.2) is 0 Å². The molecule has 1 aromatic heterocycles. The molecular formula is C14H13F3N4O.